The molecule has 1 rings (SSSR count). The lowest BCUT2D eigenvalue weighted by Gasteiger charge is -1.95. The third kappa shape index (κ3) is 1.47. The molecule has 0 aliphatic heterocycles. The van der Waals surface area contributed by atoms with Gasteiger partial charge in [0.05, 0.1) is 0 Å². The molecule has 0 unspecified atom stereocenters. The summed E-state index contributed by atoms with van der Waals surface area (Å²) in [6.45, 7) is 0. The third-order valence-electron chi connectivity index (χ3n) is 0.814. The highest BCUT2D eigenvalue weighted by molar-refractivity contribution is 14.1. The van der Waals surface area contributed by atoms with Gasteiger partial charge in [0.1, 0.15) is 0 Å². The van der Waals surface area contributed by atoms with Crippen molar-refractivity contribution in [3.8, 4) is 0 Å². The number of nitrogens with zero attached hydrogens (tertiary/aromatic N) is 2. The van der Waals surface area contributed by atoms with Gasteiger partial charge in [0.25, 0.3) is 0 Å². The number of hydrogen-bond donors (Lipinski definition) is 1. The van der Waals surface area contributed by atoms with Crippen molar-refractivity contribution < 1.29 is 13.0 Å². The molecule has 5 nitrogen and oxygen atoms in total. The van der Waals surface area contributed by atoms with E-state index in [1.54, 1.807) is 22.6 Å². The maximum absolute atomic E-state index is 10.4. The summed E-state index contributed by atoms with van der Waals surface area (Å²) in [5.41, 5.74) is 0. The molecule has 1 aromatic heterocycles. The number of imidazole rings is 1. The van der Waals surface area contributed by atoms with Gasteiger partial charge < -0.3 is 0 Å². The van der Waals surface area contributed by atoms with Gasteiger partial charge in [0, 0.05) is 35.0 Å². The van der Waals surface area contributed by atoms with Crippen molar-refractivity contribution in [2.24, 2.45) is 0 Å². The third-order valence-corrected chi connectivity index (χ3v) is 2.73. The Bertz CT molecular complexity index is 329. The lowest BCUT2D eigenvalue weighted by molar-refractivity contribution is 0.471. The molecular weight excluding hydrogens is 271 g/mol. The maximum atomic E-state index is 10.4. The lowest BCUT2D eigenvalue weighted by atomic mass is 11.0. The van der Waals surface area contributed by atoms with Crippen LogP contribution < -0.4 is 0 Å². The topological polar surface area (TPSA) is 72.2 Å². The first-order valence-electron chi connectivity index (χ1n) is 2.18. The SMILES string of the molecule is O=S(=O)(O)n1ccnc1I. The fraction of sp³-hybridized carbons (Fsp3) is 0. The van der Waals surface area contributed by atoms with Crippen molar-refractivity contribution in [2.45, 2.75) is 0 Å². The Hall–Kier alpha value is -0.150. The molecule has 1 aromatic rings. The summed E-state index contributed by atoms with van der Waals surface area (Å²) in [4.78, 5) is 3.59. The van der Waals surface area contributed by atoms with Gasteiger partial charge in [-0.05, 0) is 0 Å². The van der Waals surface area contributed by atoms with Crippen LogP contribution in [0.4, 0.5) is 0 Å². The minimum Gasteiger partial charge on any atom is -0.269 e. The van der Waals surface area contributed by atoms with Crippen LogP contribution in [0, 0.1) is 3.83 Å². The molecule has 0 bridgehead atoms. The van der Waals surface area contributed by atoms with Crippen molar-refractivity contribution in [2.75, 3.05) is 0 Å². The van der Waals surface area contributed by atoms with Crippen LogP contribution in [-0.4, -0.2) is 21.9 Å². The number of aromatic nitrogens is 2. The molecular formula is C3H3IN2O3S. The molecule has 56 valence electrons. The summed E-state index contributed by atoms with van der Waals surface area (Å²) in [6, 6.07) is 0. The van der Waals surface area contributed by atoms with Crippen LogP contribution in [0.3, 0.4) is 0 Å². The zero-order valence-electron chi connectivity index (χ0n) is 4.60. The average Bonchev–Trinajstić information content (AvgIpc) is 2.11. The fourth-order valence-corrected chi connectivity index (χ4v) is 1.96. The van der Waals surface area contributed by atoms with Gasteiger partial charge in [-0.3, -0.25) is 4.55 Å². The Balaban J connectivity index is 3.32. The van der Waals surface area contributed by atoms with E-state index in [0.29, 0.717) is 3.97 Å². The van der Waals surface area contributed by atoms with Gasteiger partial charge in [-0.25, -0.2) is 4.98 Å². The van der Waals surface area contributed by atoms with Gasteiger partial charge >= 0.3 is 10.3 Å². The second kappa shape index (κ2) is 2.47. The van der Waals surface area contributed by atoms with E-state index in [9.17, 15) is 8.42 Å². The molecule has 0 aliphatic carbocycles. The standard InChI is InChI=1S/C3H3IN2O3S/c4-3-5-1-2-6(3)10(7,8)9/h1-2H,(H,7,8,9). The molecule has 0 spiro atoms. The monoisotopic (exact) mass is 274 g/mol. The summed E-state index contributed by atoms with van der Waals surface area (Å²) in [6.07, 6.45) is 2.45. The summed E-state index contributed by atoms with van der Waals surface area (Å²) in [5.74, 6) is 0. The van der Waals surface area contributed by atoms with E-state index in [0.717, 1.165) is 6.20 Å². The molecule has 0 fully saturated rings. The average molecular weight is 274 g/mol. The Kier molecular flexibility index (Phi) is 1.97. The van der Waals surface area contributed by atoms with Crippen molar-refractivity contribution >= 4 is 32.9 Å². The van der Waals surface area contributed by atoms with Crippen molar-refractivity contribution in [1.29, 1.82) is 0 Å². The predicted molar refractivity (Wildman–Crippen MR) is 41.9 cm³/mol. The summed E-state index contributed by atoms with van der Waals surface area (Å²) in [7, 11) is -4.14. The van der Waals surface area contributed by atoms with Gasteiger partial charge in [-0.15, -0.1) is 0 Å². The molecule has 0 saturated heterocycles. The van der Waals surface area contributed by atoms with Gasteiger partial charge in [-0.2, -0.15) is 12.4 Å². The molecule has 0 saturated carbocycles. The van der Waals surface area contributed by atoms with Crippen molar-refractivity contribution in [1.82, 2.24) is 8.96 Å². The molecule has 7 heteroatoms. The predicted octanol–water partition coefficient (Wildman–Crippen LogP) is 0.139. The van der Waals surface area contributed by atoms with E-state index in [1.165, 1.54) is 6.20 Å². The molecule has 10 heavy (non-hydrogen) atoms. The molecule has 1 heterocycles. The minimum absolute atomic E-state index is 0.208. The maximum Gasteiger partial charge on any atom is 0.365 e. The van der Waals surface area contributed by atoms with Crippen molar-refractivity contribution in [3.63, 3.8) is 0 Å². The number of rotatable bonds is 1. The highest BCUT2D eigenvalue weighted by Gasteiger charge is 2.09. The Morgan fingerprint density at radius 3 is 2.50 bits per heavy atom. The normalized spacial score (nSPS) is 11.8. The van der Waals surface area contributed by atoms with Crippen LogP contribution in [0.25, 0.3) is 0 Å². The Morgan fingerprint density at radius 1 is 1.70 bits per heavy atom. The van der Waals surface area contributed by atoms with Crippen LogP contribution in [0.1, 0.15) is 0 Å². The first-order valence-corrected chi connectivity index (χ1v) is 4.66. The molecule has 0 amide bonds. The van der Waals surface area contributed by atoms with Crippen LogP contribution in [0.15, 0.2) is 12.4 Å². The smallest absolute Gasteiger partial charge is 0.269 e. The van der Waals surface area contributed by atoms with E-state index in [2.05, 4.69) is 4.98 Å². The van der Waals surface area contributed by atoms with Crippen LogP contribution in [0.5, 0.6) is 0 Å². The Labute approximate surface area is 71.1 Å². The molecule has 0 aliphatic rings. The molecule has 1 N–H and O–H groups in total. The van der Waals surface area contributed by atoms with E-state index in [1.807, 2.05) is 0 Å². The zero-order valence-corrected chi connectivity index (χ0v) is 7.57. The molecule has 0 aromatic carbocycles. The van der Waals surface area contributed by atoms with Crippen LogP contribution in [-0.2, 0) is 10.3 Å². The summed E-state index contributed by atoms with van der Waals surface area (Å²) < 4.78 is 30.1. The number of hydrogen-bond acceptors (Lipinski definition) is 3. The zero-order chi connectivity index (χ0) is 7.78. The lowest BCUT2D eigenvalue weighted by Crippen LogP contribution is -2.11. The van der Waals surface area contributed by atoms with Crippen molar-refractivity contribution in [3.05, 3.63) is 16.2 Å². The van der Waals surface area contributed by atoms with E-state index >= 15 is 0 Å². The summed E-state index contributed by atoms with van der Waals surface area (Å²) >= 11 is 1.69. The molecule has 0 atom stereocenters. The second-order valence-corrected chi connectivity index (χ2v) is 3.72. The quantitative estimate of drug-likeness (QED) is 0.584. The summed E-state index contributed by atoms with van der Waals surface area (Å²) in [5, 5.41) is 0. The second-order valence-electron chi connectivity index (χ2n) is 1.47. The number of halogens is 1. The van der Waals surface area contributed by atoms with E-state index < -0.39 is 10.3 Å². The largest absolute Gasteiger partial charge is 0.365 e. The van der Waals surface area contributed by atoms with E-state index in [4.69, 9.17) is 4.55 Å². The Morgan fingerprint density at radius 2 is 2.30 bits per heavy atom. The van der Waals surface area contributed by atoms with Crippen LogP contribution in [0.2, 0.25) is 0 Å². The van der Waals surface area contributed by atoms with Gasteiger partial charge in [-0.1, -0.05) is 0 Å². The highest BCUT2D eigenvalue weighted by Crippen LogP contribution is 2.03. The first kappa shape index (κ1) is 7.95. The van der Waals surface area contributed by atoms with Gasteiger partial charge in [0.15, 0.2) is 3.83 Å². The minimum atomic E-state index is -4.14. The first-order chi connectivity index (χ1) is 4.52. The highest BCUT2D eigenvalue weighted by atomic mass is 127. The fourth-order valence-electron chi connectivity index (χ4n) is 0.446. The van der Waals surface area contributed by atoms with E-state index in [-0.39, 0.29) is 3.83 Å². The van der Waals surface area contributed by atoms with Crippen LogP contribution >= 0.6 is 22.6 Å². The van der Waals surface area contributed by atoms with Gasteiger partial charge in [0.2, 0.25) is 0 Å². The molecule has 0 radical (unpaired) electrons.